The highest BCUT2D eigenvalue weighted by Crippen LogP contribution is 2.05. The fraction of sp³-hybridized carbons (Fsp3) is 0.500. The second-order valence-electron chi connectivity index (χ2n) is 4.20. The summed E-state index contributed by atoms with van der Waals surface area (Å²) in [5, 5.41) is 0. The van der Waals surface area contributed by atoms with Crippen molar-refractivity contribution in [3.05, 3.63) is 35.9 Å². The summed E-state index contributed by atoms with van der Waals surface area (Å²) in [6, 6.07) is 10.4. The molecule has 0 heterocycles. The summed E-state index contributed by atoms with van der Waals surface area (Å²) in [6.45, 7) is 0.822. The fourth-order valence-electron chi connectivity index (χ4n) is 1.72. The zero-order valence-electron chi connectivity index (χ0n) is 10.4. The summed E-state index contributed by atoms with van der Waals surface area (Å²) < 4.78 is 0. The number of carbonyl (C=O) groups excluding carboxylic acids is 1. The fourth-order valence-corrected chi connectivity index (χ4v) is 1.88. The second kappa shape index (κ2) is 8.13. The largest absolute Gasteiger partial charge is 0.346 e. The topological polar surface area (TPSA) is 20.3 Å². The molecule has 2 nitrogen and oxygen atoms in total. The lowest BCUT2D eigenvalue weighted by atomic mass is 10.1. The molecule has 1 aromatic rings. The van der Waals surface area contributed by atoms with Crippen LogP contribution in [0.25, 0.3) is 0 Å². The van der Waals surface area contributed by atoms with Gasteiger partial charge in [0.05, 0.1) is 0 Å². The number of hydrogen-bond acceptors (Lipinski definition) is 1. The van der Waals surface area contributed by atoms with Crippen molar-refractivity contribution in [3.63, 3.8) is 0 Å². The van der Waals surface area contributed by atoms with Crippen molar-refractivity contribution >= 4 is 17.5 Å². The number of nitrogens with zero attached hydrogens (tertiary/aromatic N) is 1. The van der Waals surface area contributed by atoms with Crippen LogP contribution in [0.3, 0.4) is 0 Å². The molecular weight excluding hydrogens is 234 g/mol. The minimum atomic E-state index is 0.139. The van der Waals surface area contributed by atoms with Crippen molar-refractivity contribution in [2.24, 2.45) is 0 Å². The van der Waals surface area contributed by atoms with Crippen LogP contribution in [-0.4, -0.2) is 30.3 Å². The van der Waals surface area contributed by atoms with Crippen LogP contribution in [0.5, 0.6) is 0 Å². The maximum Gasteiger partial charge on any atom is 0.223 e. The number of rotatable bonds is 7. The third-order valence-corrected chi connectivity index (χ3v) is 2.97. The van der Waals surface area contributed by atoms with Gasteiger partial charge in [0.2, 0.25) is 5.91 Å². The average Bonchev–Trinajstić information content (AvgIpc) is 2.36. The van der Waals surface area contributed by atoms with Crippen LogP contribution in [0.4, 0.5) is 0 Å². The summed E-state index contributed by atoms with van der Waals surface area (Å²) in [5.41, 5.74) is 1.36. The Kier molecular flexibility index (Phi) is 6.71. The standard InChI is InChI=1S/C14H20ClNO/c1-16(14(17)10-11-15)12-6-5-9-13-7-3-2-4-8-13/h2-4,7-8H,5-6,9-12H2,1H3. The lowest BCUT2D eigenvalue weighted by molar-refractivity contribution is -0.129. The Morgan fingerprint density at radius 3 is 2.59 bits per heavy atom. The highest BCUT2D eigenvalue weighted by atomic mass is 35.5. The summed E-state index contributed by atoms with van der Waals surface area (Å²) >= 11 is 5.53. The van der Waals surface area contributed by atoms with Gasteiger partial charge >= 0.3 is 0 Å². The minimum Gasteiger partial charge on any atom is -0.346 e. The van der Waals surface area contributed by atoms with Gasteiger partial charge in [-0.3, -0.25) is 4.79 Å². The number of benzene rings is 1. The van der Waals surface area contributed by atoms with Crippen LogP contribution in [-0.2, 0) is 11.2 Å². The molecule has 0 spiro atoms. The molecule has 0 aliphatic heterocycles. The van der Waals surface area contributed by atoms with E-state index < -0.39 is 0 Å². The first-order valence-electron chi connectivity index (χ1n) is 6.08. The van der Waals surface area contributed by atoms with Gasteiger partial charge in [0.15, 0.2) is 0 Å². The van der Waals surface area contributed by atoms with Crippen molar-refractivity contribution in [1.82, 2.24) is 4.90 Å². The monoisotopic (exact) mass is 253 g/mol. The van der Waals surface area contributed by atoms with Gasteiger partial charge < -0.3 is 4.90 Å². The first-order chi connectivity index (χ1) is 8.24. The molecule has 1 amide bonds. The molecule has 0 atom stereocenters. The van der Waals surface area contributed by atoms with Gasteiger partial charge in [0.1, 0.15) is 0 Å². The smallest absolute Gasteiger partial charge is 0.223 e. The molecule has 0 saturated heterocycles. The molecule has 1 aromatic carbocycles. The molecule has 0 aliphatic rings. The van der Waals surface area contributed by atoms with E-state index in [4.69, 9.17) is 11.6 Å². The van der Waals surface area contributed by atoms with Crippen molar-refractivity contribution in [3.8, 4) is 0 Å². The van der Waals surface area contributed by atoms with Crippen molar-refractivity contribution in [1.29, 1.82) is 0 Å². The number of halogens is 1. The Labute approximate surface area is 109 Å². The van der Waals surface area contributed by atoms with Gasteiger partial charge in [0, 0.05) is 25.9 Å². The third-order valence-electron chi connectivity index (χ3n) is 2.79. The molecule has 0 N–H and O–H groups in total. The van der Waals surface area contributed by atoms with Crippen molar-refractivity contribution < 1.29 is 4.79 Å². The highest BCUT2D eigenvalue weighted by molar-refractivity contribution is 6.18. The normalized spacial score (nSPS) is 10.2. The van der Waals surface area contributed by atoms with Crippen LogP contribution in [0, 0.1) is 0 Å². The zero-order valence-corrected chi connectivity index (χ0v) is 11.1. The Balaban J connectivity index is 2.14. The number of carbonyl (C=O) groups is 1. The third kappa shape index (κ3) is 5.73. The summed E-state index contributed by atoms with van der Waals surface area (Å²) in [4.78, 5) is 13.2. The number of amides is 1. The summed E-state index contributed by atoms with van der Waals surface area (Å²) in [5.74, 6) is 0.549. The van der Waals surface area contributed by atoms with Gasteiger partial charge in [-0.2, -0.15) is 0 Å². The van der Waals surface area contributed by atoms with E-state index in [9.17, 15) is 4.79 Å². The van der Waals surface area contributed by atoms with Crippen LogP contribution in [0.1, 0.15) is 24.8 Å². The van der Waals surface area contributed by atoms with E-state index in [1.165, 1.54) is 5.56 Å². The van der Waals surface area contributed by atoms with Crippen LogP contribution < -0.4 is 0 Å². The van der Waals surface area contributed by atoms with Crippen molar-refractivity contribution in [2.45, 2.75) is 25.7 Å². The number of hydrogen-bond donors (Lipinski definition) is 0. The molecule has 1 rings (SSSR count). The quantitative estimate of drug-likeness (QED) is 0.540. The molecule has 0 radical (unpaired) electrons. The first-order valence-corrected chi connectivity index (χ1v) is 6.61. The Morgan fingerprint density at radius 2 is 1.94 bits per heavy atom. The molecule has 3 heteroatoms. The minimum absolute atomic E-state index is 0.139. The molecule has 94 valence electrons. The van der Waals surface area contributed by atoms with E-state index in [0.29, 0.717) is 12.3 Å². The van der Waals surface area contributed by atoms with E-state index in [-0.39, 0.29) is 5.91 Å². The van der Waals surface area contributed by atoms with Gasteiger partial charge in [-0.15, -0.1) is 11.6 Å². The number of aryl methyl sites for hydroxylation is 1. The molecule has 0 fully saturated rings. The average molecular weight is 254 g/mol. The number of alkyl halides is 1. The molecule has 0 unspecified atom stereocenters. The summed E-state index contributed by atoms with van der Waals surface area (Å²) in [6.07, 6.45) is 3.68. The SMILES string of the molecule is CN(CCCCc1ccccc1)C(=O)CCCl. The number of unbranched alkanes of at least 4 members (excludes halogenated alkanes) is 1. The Bertz CT molecular complexity index is 326. The van der Waals surface area contributed by atoms with Gasteiger partial charge in [-0.25, -0.2) is 0 Å². The molecule has 0 aromatic heterocycles. The molecule has 0 aliphatic carbocycles. The Hall–Kier alpha value is -1.02. The maximum absolute atomic E-state index is 11.4. The lowest BCUT2D eigenvalue weighted by Gasteiger charge is -2.16. The first kappa shape index (κ1) is 14.0. The summed E-state index contributed by atoms with van der Waals surface area (Å²) in [7, 11) is 1.84. The van der Waals surface area contributed by atoms with E-state index >= 15 is 0 Å². The van der Waals surface area contributed by atoms with E-state index in [2.05, 4.69) is 24.3 Å². The van der Waals surface area contributed by atoms with Crippen LogP contribution in [0.15, 0.2) is 30.3 Å². The lowest BCUT2D eigenvalue weighted by Crippen LogP contribution is -2.27. The highest BCUT2D eigenvalue weighted by Gasteiger charge is 2.06. The second-order valence-corrected chi connectivity index (χ2v) is 4.57. The van der Waals surface area contributed by atoms with Crippen LogP contribution >= 0.6 is 11.6 Å². The molecular formula is C14H20ClNO. The maximum atomic E-state index is 11.4. The van der Waals surface area contributed by atoms with E-state index in [1.54, 1.807) is 4.90 Å². The molecule has 0 bridgehead atoms. The Morgan fingerprint density at radius 1 is 1.24 bits per heavy atom. The molecule has 0 saturated carbocycles. The van der Waals surface area contributed by atoms with Gasteiger partial charge in [-0.05, 0) is 24.8 Å². The van der Waals surface area contributed by atoms with Crippen molar-refractivity contribution in [2.75, 3.05) is 19.5 Å². The predicted molar refractivity (Wildman–Crippen MR) is 72.4 cm³/mol. The molecule has 17 heavy (non-hydrogen) atoms. The van der Waals surface area contributed by atoms with Crippen LogP contribution in [0.2, 0.25) is 0 Å². The van der Waals surface area contributed by atoms with E-state index in [0.717, 1.165) is 25.8 Å². The van der Waals surface area contributed by atoms with Gasteiger partial charge in [-0.1, -0.05) is 30.3 Å². The van der Waals surface area contributed by atoms with E-state index in [1.807, 2.05) is 13.1 Å². The van der Waals surface area contributed by atoms with Gasteiger partial charge in [0.25, 0.3) is 0 Å². The zero-order chi connectivity index (χ0) is 12.5. The predicted octanol–water partition coefficient (Wildman–Crippen LogP) is 3.10.